The van der Waals surface area contributed by atoms with Gasteiger partial charge in [-0.05, 0) is 44.3 Å². The van der Waals surface area contributed by atoms with E-state index in [2.05, 4.69) is 22.8 Å². The van der Waals surface area contributed by atoms with E-state index in [-0.39, 0.29) is 12.0 Å². The fourth-order valence-corrected chi connectivity index (χ4v) is 2.37. The van der Waals surface area contributed by atoms with Crippen LogP contribution < -0.4 is 15.4 Å². The second kappa shape index (κ2) is 8.96. The molecule has 4 nitrogen and oxygen atoms in total. The van der Waals surface area contributed by atoms with Crippen molar-refractivity contribution in [3.63, 3.8) is 0 Å². The van der Waals surface area contributed by atoms with Crippen molar-refractivity contribution >= 4 is 5.91 Å². The molecule has 23 heavy (non-hydrogen) atoms. The third-order valence-corrected chi connectivity index (χ3v) is 3.54. The van der Waals surface area contributed by atoms with Crippen LogP contribution in [0.2, 0.25) is 0 Å². The highest BCUT2D eigenvalue weighted by molar-refractivity contribution is 5.94. The topological polar surface area (TPSA) is 50.4 Å². The summed E-state index contributed by atoms with van der Waals surface area (Å²) in [5.74, 6) is 0.628. The van der Waals surface area contributed by atoms with Crippen LogP contribution in [0, 0.1) is 0 Å². The first-order chi connectivity index (χ1) is 11.2. The smallest absolute Gasteiger partial charge is 0.251 e. The van der Waals surface area contributed by atoms with Gasteiger partial charge >= 0.3 is 0 Å². The van der Waals surface area contributed by atoms with Gasteiger partial charge in [0, 0.05) is 18.5 Å². The van der Waals surface area contributed by atoms with Crippen molar-refractivity contribution in [1.82, 2.24) is 10.6 Å². The Hall–Kier alpha value is -2.33. The standard InChI is InChI=1S/C19H24N2O2/c1-3-21-19(22)16-10-7-11-17(14-16)23-18(12-13-20-2)15-8-5-4-6-9-15/h4-11,14,18,20H,3,12-13H2,1-2H3,(H,21,22). The van der Waals surface area contributed by atoms with E-state index in [0.717, 1.165) is 18.5 Å². The van der Waals surface area contributed by atoms with Gasteiger partial charge in [-0.1, -0.05) is 36.4 Å². The molecule has 0 aromatic heterocycles. The average molecular weight is 312 g/mol. The van der Waals surface area contributed by atoms with E-state index in [1.165, 1.54) is 0 Å². The van der Waals surface area contributed by atoms with Crippen molar-refractivity contribution in [3.05, 3.63) is 65.7 Å². The molecule has 0 saturated heterocycles. The van der Waals surface area contributed by atoms with Gasteiger partial charge in [-0.3, -0.25) is 4.79 Å². The molecule has 2 rings (SSSR count). The molecule has 0 heterocycles. The van der Waals surface area contributed by atoms with Crippen LogP contribution in [0.15, 0.2) is 54.6 Å². The fraction of sp³-hybridized carbons (Fsp3) is 0.316. The Kier molecular flexibility index (Phi) is 6.63. The largest absolute Gasteiger partial charge is 0.486 e. The number of hydrogen-bond acceptors (Lipinski definition) is 3. The number of carbonyl (C=O) groups excluding carboxylic acids is 1. The van der Waals surface area contributed by atoms with Gasteiger partial charge in [0.25, 0.3) is 5.91 Å². The molecule has 1 atom stereocenters. The molecule has 0 bridgehead atoms. The van der Waals surface area contributed by atoms with Gasteiger partial charge in [0.1, 0.15) is 11.9 Å². The quantitative estimate of drug-likeness (QED) is 0.787. The Balaban J connectivity index is 2.16. The van der Waals surface area contributed by atoms with Gasteiger partial charge in [0.15, 0.2) is 0 Å². The number of ether oxygens (including phenoxy) is 1. The van der Waals surface area contributed by atoms with Crippen LogP contribution in [0.3, 0.4) is 0 Å². The first kappa shape index (κ1) is 17.0. The van der Waals surface area contributed by atoms with E-state index in [9.17, 15) is 4.79 Å². The van der Waals surface area contributed by atoms with E-state index in [0.29, 0.717) is 17.9 Å². The third-order valence-electron chi connectivity index (χ3n) is 3.54. The zero-order valence-electron chi connectivity index (χ0n) is 13.7. The SMILES string of the molecule is CCNC(=O)c1cccc(OC(CCNC)c2ccccc2)c1. The van der Waals surface area contributed by atoms with Crippen LogP contribution in [0.25, 0.3) is 0 Å². The fourth-order valence-electron chi connectivity index (χ4n) is 2.37. The summed E-state index contributed by atoms with van der Waals surface area (Å²) >= 11 is 0. The number of amides is 1. The number of rotatable bonds is 8. The van der Waals surface area contributed by atoms with Crippen LogP contribution in [-0.4, -0.2) is 26.0 Å². The van der Waals surface area contributed by atoms with E-state index >= 15 is 0 Å². The maximum Gasteiger partial charge on any atom is 0.251 e. The highest BCUT2D eigenvalue weighted by atomic mass is 16.5. The highest BCUT2D eigenvalue weighted by Gasteiger charge is 2.14. The van der Waals surface area contributed by atoms with Crippen molar-refractivity contribution in [3.8, 4) is 5.75 Å². The van der Waals surface area contributed by atoms with Crippen molar-refractivity contribution < 1.29 is 9.53 Å². The molecule has 0 fully saturated rings. The Labute approximate surface area is 137 Å². The van der Waals surface area contributed by atoms with Crippen molar-refractivity contribution in [2.75, 3.05) is 20.1 Å². The molecule has 0 aliphatic heterocycles. The van der Waals surface area contributed by atoms with Crippen LogP contribution in [0.1, 0.15) is 35.4 Å². The Morgan fingerprint density at radius 3 is 2.61 bits per heavy atom. The molecular weight excluding hydrogens is 288 g/mol. The van der Waals surface area contributed by atoms with Crippen molar-refractivity contribution in [2.24, 2.45) is 0 Å². The molecule has 2 N–H and O–H groups in total. The lowest BCUT2D eigenvalue weighted by molar-refractivity contribution is 0.0955. The molecule has 1 unspecified atom stereocenters. The summed E-state index contributed by atoms with van der Waals surface area (Å²) < 4.78 is 6.15. The summed E-state index contributed by atoms with van der Waals surface area (Å²) in [6.45, 7) is 3.37. The Morgan fingerprint density at radius 1 is 1.13 bits per heavy atom. The zero-order chi connectivity index (χ0) is 16.5. The lowest BCUT2D eigenvalue weighted by Gasteiger charge is -2.20. The summed E-state index contributed by atoms with van der Waals surface area (Å²) in [5.41, 5.74) is 1.75. The molecule has 0 saturated carbocycles. The monoisotopic (exact) mass is 312 g/mol. The molecule has 1 amide bonds. The van der Waals surface area contributed by atoms with E-state index < -0.39 is 0 Å². The number of benzene rings is 2. The van der Waals surface area contributed by atoms with Gasteiger partial charge in [-0.2, -0.15) is 0 Å². The molecular formula is C19H24N2O2. The predicted molar refractivity (Wildman–Crippen MR) is 92.8 cm³/mol. The summed E-state index contributed by atoms with van der Waals surface area (Å²) in [6, 6.07) is 17.5. The minimum absolute atomic E-state index is 0.0480. The summed E-state index contributed by atoms with van der Waals surface area (Å²) in [6.07, 6.45) is 0.805. The number of nitrogens with one attached hydrogen (secondary N) is 2. The second-order valence-corrected chi connectivity index (χ2v) is 5.30. The normalized spacial score (nSPS) is 11.7. The van der Waals surface area contributed by atoms with Crippen molar-refractivity contribution in [1.29, 1.82) is 0 Å². The van der Waals surface area contributed by atoms with Gasteiger partial charge in [0.05, 0.1) is 0 Å². The molecule has 0 aliphatic rings. The maximum atomic E-state index is 11.9. The molecule has 0 aliphatic carbocycles. The molecule has 2 aromatic carbocycles. The lowest BCUT2D eigenvalue weighted by atomic mass is 10.1. The molecule has 122 valence electrons. The van der Waals surface area contributed by atoms with Crippen LogP contribution in [0.4, 0.5) is 0 Å². The molecule has 2 aromatic rings. The summed E-state index contributed by atoms with van der Waals surface area (Å²) in [5, 5.41) is 5.96. The van der Waals surface area contributed by atoms with Crippen molar-refractivity contribution in [2.45, 2.75) is 19.4 Å². The van der Waals surface area contributed by atoms with E-state index in [4.69, 9.17) is 4.74 Å². The van der Waals surface area contributed by atoms with Gasteiger partial charge in [0.2, 0.25) is 0 Å². The van der Waals surface area contributed by atoms with E-state index in [1.807, 2.05) is 44.3 Å². The second-order valence-electron chi connectivity index (χ2n) is 5.30. The van der Waals surface area contributed by atoms with Gasteiger partial charge in [-0.25, -0.2) is 0 Å². The summed E-state index contributed by atoms with van der Waals surface area (Å²) in [7, 11) is 1.93. The zero-order valence-corrected chi connectivity index (χ0v) is 13.7. The van der Waals surface area contributed by atoms with Gasteiger partial charge in [-0.15, -0.1) is 0 Å². The highest BCUT2D eigenvalue weighted by Crippen LogP contribution is 2.25. The minimum Gasteiger partial charge on any atom is -0.486 e. The van der Waals surface area contributed by atoms with Crippen LogP contribution in [0.5, 0.6) is 5.75 Å². The first-order valence-electron chi connectivity index (χ1n) is 7.99. The first-order valence-corrected chi connectivity index (χ1v) is 7.99. The predicted octanol–water partition coefficient (Wildman–Crippen LogP) is 3.17. The minimum atomic E-state index is -0.0792. The van der Waals surface area contributed by atoms with E-state index in [1.54, 1.807) is 12.1 Å². The molecule has 4 heteroatoms. The average Bonchev–Trinajstić information content (AvgIpc) is 2.60. The number of hydrogen-bond donors (Lipinski definition) is 2. The maximum absolute atomic E-state index is 11.9. The van der Waals surface area contributed by atoms with Gasteiger partial charge < -0.3 is 15.4 Å². The lowest BCUT2D eigenvalue weighted by Crippen LogP contribution is -2.22. The molecule has 0 radical (unpaired) electrons. The van der Waals surface area contributed by atoms with Crippen LogP contribution in [-0.2, 0) is 0 Å². The molecule has 0 spiro atoms. The Morgan fingerprint density at radius 2 is 1.91 bits per heavy atom. The Bertz CT molecular complexity index is 614. The summed E-state index contributed by atoms with van der Waals surface area (Å²) in [4.78, 5) is 11.9. The van der Waals surface area contributed by atoms with Crippen LogP contribution >= 0.6 is 0 Å². The number of carbonyl (C=O) groups is 1. The third kappa shape index (κ3) is 5.11.